The number of hydrazine groups is 1. The lowest BCUT2D eigenvalue weighted by molar-refractivity contribution is 0.0898. The quantitative estimate of drug-likeness (QED) is 0.569. The summed E-state index contributed by atoms with van der Waals surface area (Å²) in [5, 5.41) is 3.58. The van der Waals surface area contributed by atoms with Gasteiger partial charge in [-0.15, -0.1) is 0 Å². The average molecular weight is 291 g/mol. The van der Waals surface area contributed by atoms with Crippen LogP contribution >= 0.6 is 0 Å². The van der Waals surface area contributed by atoms with Gasteiger partial charge in [-0.1, -0.05) is 13.8 Å². The lowest BCUT2D eigenvalue weighted by Crippen LogP contribution is -2.32. The summed E-state index contributed by atoms with van der Waals surface area (Å²) in [6, 6.07) is 0.344. The Labute approximate surface area is 125 Å². The van der Waals surface area contributed by atoms with E-state index in [1.807, 2.05) is 6.92 Å². The van der Waals surface area contributed by atoms with Crippen LogP contribution in [0.1, 0.15) is 50.4 Å². The summed E-state index contributed by atoms with van der Waals surface area (Å²) >= 11 is 0. The first-order chi connectivity index (χ1) is 10.1. The number of aromatic nitrogens is 2. The Morgan fingerprint density at radius 3 is 2.52 bits per heavy atom. The molecule has 1 aromatic heterocycles. The van der Waals surface area contributed by atoms with Gasteiger partial charge in [0.05, 0.1) is 12.1 Å². The second-order valence-electron chi connectivity index (χ2n) is 6.42. The van der Waals surface area contributed by atoms with Gasteiger partial charge in [-0.2, -0.15) is 0 Å². The summed E-state index contributed by atoms with van der Waals surface area (Å²) in [7, 11) is 0. The lowest BCUT2D eigenvalue weighted by Gasteiger charge is -2.22. The average Bonchev–Trinajstić information content (AvgIpc) is 3.21. The first kappa shape index (κ1) is 14.5. The number of rotatable bonds is 5. The fraction of sp³-hybridized carbons (Fsp3) is 0.733. The van der Waals surface area contributed by atoms with Crippen molar-refractivity contribution in [3.05, 3.63) is 11.4 Å². The number of nitrogen functional groups attached to an aromatic ring is 1. The number of hydrogen-bond acceptors (Lipinski definition) is 6. The SMILES string of the molecule is Cc1c(NN)nc(C(C)C)nc1NC1CCOC1C1CC1. The number of nitrogens with two attached hydrogens (primary N) is 1. The van der Waals surface area contributed by atoms with Crippen LogP contribution in [0.5, 0.6) is 0 Å². The fourth-order valence-corrected chi connectivity index (χ4v) is 2.90. The number of hydrogen-bond donors (Lipinski definition) is 3. The molecule has 0 amide bonds. The summed E-state index contributed by atoms with van der Waals surface area (Å²) in [6.45, 7) is 6.99. The maximum absolute atomic E-state index is 5.89. The molecule has 6 heteroatoms. The van der Waals surface area contributed by atoms with Gasteiger partial charge in [-0.25, -0.2) is 15.8 Å². The number of ether oxygens (including phenoxy) is 1. The molecule has 2 fully saturated rings. The highest BCUT2D eigenvalue weighted by atomic mass is 16.5. The molecule has 2 atom stereocenters. The first-order valence-electron chi connectivity index (χ1n) is 7.83. The lowest BCUT2D eigenvalue weighted by atomic mass is 10.1. The van der Waals surface area contributed by atoms with Crippen LogP contribution in [0.15, 0.2) is 0 Å². The summed E-state index contributed by atoms with van der Waals surface area (Å²) in [5.74, 6) is 8.95. The van der Waals surface area contributed by atoms with Crippen LogP contribution in [-0.4, -0.2) is 28.7 Å². The first-order valence-corrected chi connectivity index (χ1v) is 7.83. The third-order valence-corrected chi connectivity index (χ3v) is 4.36. The Hall–Kier alpha value is -1.40. The van der Waals surface area contributed by atoms with Crippen molar-refractivity contribution < 1.29 is 4.74 Å². The Morgan fingerprint density at radius 2 is 1.90 bits per heavy atom. The van der Waals surface area contributed by atoms with Gasteiger partial charge in [0.2, 0.25) is 0 Å². The van der Waals surface area contributed by atoms with Gasteiger partial charge in [-0.05, 0) is 32.1 Å². The van der Waals surface area contributed by atoms with Crippen LogP contribution in [0.2, 0.25) is 0 Å². The molecule has 3 rings (SSSR count). The Bertz CT molecular complexity index is 515. The molecule has 2 unspecified atom stereocenters. The maximum atomic E-state index is 5.89. The zero-order chi connectivity index (χ0) is 15.0. The molecule has 0 spiro atoms. The van der Waals surface area contributed by atoms with E-state index in [2.05, 4.69) is 34.6 Å². The van der Waals surface area contributed by atoms with Gasteiger partial charge in [0, 0.05) is 18.1 Å². The monoisotopic (exact) mass is 291 g/mol. The highest BCUT2D eigenvalue weighted by Crippen LogP contribution is 2.39. The molecule has 0 aromatic carbocycles. The van der Waals surface area contributed by atoms with E-state index in [9.17, 15) is 0 Å². The third-order valence-electron chi connectivity index (χ3n) is 4.36. The zero-order valence-corrected chi connectivity index (χ0v) is 13.0. The molecular weight excluding hydrogens is 266 g/mol. The molecule has 6 nitrogen and oxygen atoms in total. The summed E-state index contributed by atoms with van der Waals surface area (Å²) < 4.78 is 5.89. The predicted molar refractivity (Wildman–Crippen MR) is 83.2 cm³/mol. The maximum Gasteiger partial charge on any atom is 0.148 e. The molecule has 1 aliphatic carbocycles. The van der Waals surface area contributed by atoms with Gasteiger partial charge in [0.1, 0.15) is 17.5 Å². The van der Waals surface area contributed by atoms with Crippen molar-refractivity contribution in [1.29, 1.82) is 0 Å². The number of nitrogens with zero attached hydrogens (tertiary/aromatic N) is 2. The minimum absolute atomic E-state index is 0.261. The standard InChI is InChI=1S/C15H25N5O/c1-8(2)13-18-14(9(3)15(19-13)20-16)17-11-6-7-21-12(11)10-4-5-10/h8,10-12H,4-7,16H2,1-3H3,(H2,17,18,19,20). The van der Waals surface area contributed by atoms with Crippen molar-refractivity contribution in [2.24, 2.45) is 11.8 Å². The van der Waals surface area contributed by atoms with Crippen LogP contribution in [0.4, 0.5) is 11.6 Å². The molecule has 1 aromatic rings. The topological polar surface area (TPSA) is 85.1 Å². The van der Waals surface area contributed by atoms with Crippen molar-refractivity contribution in [2.45, 2.75) is 58.1 Å². The molecule has 0 radical (unpaired) electrons. The normalized spacial score (nSPS) is 25.4. The number of nitrogens with one attached hydrogen (secondary N) is 2. The molecule has 0 bridgehead atoms. The van der Waals surface area contributed by atoms with Crippen LogP contribution in [0.3, 0.4) is 0 Å². The third kappa shape index (κ3) is 2.96. The van der Waals surface area contributed by atoms with Crippen molar-refractivity contribution in [3.8, 4) is 0 Å². The molecule has 1 aliphatic heterocycles. The second kappa shape index (κ2) is 5.77. The van der Waals surface area contributed by atoms with E-state index in [1.54, 1.807) is 0 Å². The van der Waals surface area contributed by atoms with Gasteiger partial charge in [-0.3, -0.25) is 0 Å². The van der Waals surface area contributed by atoms with Gasteiger partial charge in [0.15, 0.2) is 0 Å². The Balaban J connectivity index is 1.84. The summed E-state index contributed by atoms with van der Waals surface area (Å²) in [4.78, 5) is 9.16. The van der Waals surface area contributed by atoms with Crippen LogP contribution in [-0.2, 0) is 4.74 Å². The van der Waals surface area contributed by atoms with E-state index >= 15 is 0 Å². The van der Waals surface area contributed by atoms with E-state index in [0.29, 0.717) is 18.0 Å². The molecule has 21 heavy (non-hydrogen) atoms. The molecule has 116 valence electrons. The minimum atomic E-state index is 0.261. The minimum Gasteiger partial charge on any atom is -0.376 e. The van der Waals surface area contributed by atoms with Crippen molar-refractivity contribution in [1.82, 2.24) is 9.97 Å². The van der Waals surface area contributed by atoms with E-state index in [0.717, 1.165) is 36.2 Å². The smallest absolute Gasteiger partial charge is 0.148 e. The number of anilines is 2. The highest BCUT2D eigenvalue weighted by molar-refractivity contribution is 5.57. The van der Waals surface area contributed by atoms with Crippen molar-refractivity contribution >= 4 is 11.6 Å². The fourth-order valence-electron chi connectivity index (χ4n) is 2.90. The zero-order valence-electron chi connectivity index (χ0n) is 13.0. The van der Waals surface area contributed by atoms with E-state index in [-0.39, 0.29) is 5.92 Å². The molecule has 2 aliphatic rings. The Morgan fingerprint density at radius 1 is 1.19 bits per heavy atom. The second-order valence-corrected chi connectivity index (χ2v) is 6.42. The van der Waals surface area contributed by atoms with Crippen LogP contribution in [0.25, 0.3) is 0 Å². The largest absolute Gasteiger partial charge is 0.376 e. The molecule has 2 heterocycles. The predicted octanol–water partition coefficient (Wildman–Crippen LogP) is 2.17. The van der Waals surface area contributed by atoms with Gasteiger partial charge < -0.3 is 15.5 Å². The molecular formula is C15H25N5O. The van der Waals surface area contributed by atoms with Crippen molar-refractivity contribution in [2.75, 3.05) is 17.3 Å². The van der Waals surface area contributed by atoms with E-state index < -0.39 is 0 Å². The van der Waals surface area contributed by atoms with Gasteiger partial charge >= 0.3 is 0 Å². The molecule has 1 saturated heterocycles. The Kier molecular flexibility index (Phi) is 3.99. The molecule has 1 saturated carbocycles. The summed E-state index contributed by atoms with van der Waals surface area (Å²) in [6.07, 6.45) is 3.94. The van der Waals surface area contributed by atoms with E-state index in [1.165, 1.54) is 12.8 Å². The van der Waals surface area contributed by atoms with E-state index in [4.69, 9.17) is 10.6 Å². The van der Waals surface area contributed by atoms with Gasteiger partial charge in [0.25, 0.3) is 0 Å². The van der Waals surface area contributed by atoms with Crippen LogP contribution in [0, 0.1) is 12.8 Å². The van der Waals surface area contributed by atoms with Crippen molar-refractivity contribution in [3.63, 3.8) is 0 Å². The molecule has 4 N–H and O–H groups in total. The van der Waals surface area contributed by atoms with Crippen LogP contribution < -0.4 is 16.6 Å². The highest BCUT2D eigenvalue weighted by Gasteiger charge is 2.40. The summed E-state index contributed by atoms with van der Waals surface area (Å²) in [5.41, 5.74) is 3.64.